The van der Waals surface area contributed by atoms with Crippen molar-refractivity contribution in [1.29, 1.82) is 0 Å². The first kappa shape index (κ1) is 16.0. The number of nitrogens with zero attached hydrogens (tertiary/aromatic N) is 1. The van der Waals surface area contributed by atoms with Gasteiger partial charge in [0.05, 0.1) is 22.1 Å². The van der Waals surface area contributed by atoms with Crippen LogP contribution >= 0.6 is 11.6 Å². The van der Waals surface area contributed by atoms with Crippen LogP contribution in [-0.4, -0.2) is 19.0 Å². The van der Waals surface area contributed by atoms with Crippen LogP contribution in [0.1, 0.15) is 39.5 Å². The minimum Gasteiger partial charge on any atom is -0.397 e. The summed E-state index contributed by atoms with van der Waals surface area (Å²) in [5.41, 5.74) is 8.40. The Hall–Kier alpha value is -1.42. The molecule has 1 aliphatic rings. The molecule has 0 saturated carbocycles. The van der Waals surface area contributed by atoms with Crippen LogP contribution in [0.4, 0.5) is 17.1 Å². The molecular weight excluding hydrogens is 286 g/mol. The van der Waals surface area contributed by atoms with E-state index in [1.807, 2.05) is 13.0 Å². The van der Waals surface area contributed by atoms with Crippen molar-refractivity contribution in [3.8, 4) is 0 Å². The SMILES string of the molecule is CCCC(=O)Nc1cc(N2CCC(C)CC2)c(N)cc1Cl. The summed E-state index contributed by atoms with van der Waals surface area (Å²) in [6, 6.07) is 3.64. The maximum Gasteiger partial charge on any atom is 0.224 e. The summed E-state index contributed by atoms with van der Waals surface area (Å²) in [5, 5.41) is 3.37. The number of nitrogen functional groups attached to an aromatic ring is 1. The van der Waals surface area contributed by atoms with E-state index in [9.17, 15) is 4.79 Å². The fraction of sp³-hybridized carbons (Fsp3) is 0.562. The first-order valence-electron chi connectivity index (χ1n) is 7.65. The van der Waals surface area contributed by atoms with Crippen molar-refractivity contribution in [3.05, 3.63) is 17.2 Å². The molecule has 1 aliphatic heterocycles. The molecule has 116 valence electrons. The van der Waals surface area contributed by atoms with Crippen LogP contribution in [0.5, 0.6) is 0 Å². The molecule has 0 atom stereocenters. The molecular formula is C16H24ClN3O. The summed E-state index contributed by atoms with van der Waals surface area (Å²) in [6.07, 6.45) is 3.64. The van der Waals surface area contributed by atoms with E-state index in [1.54, 1.807) is 6.07 Å². The lowest BCUT2D eigenvalue weighted by molar-refractivity contribution is -0.116. The maximum atomic E-state index is 11.8. The quantitative estimate of drug-likeness (QED) is 0.829. The molecule has 0 bridgehead atoms. The highest BCUT2D eigenvalue weighted by atomic mass is 35.5. The Morgan fingerprint density at radius 2 is 2.10 bits per heavy atom. The number of anilines is 3. The second kappa shape index (κ2) is 7.03. The van der Waals surface area contributed by atoms with Gasteiger partial charge < -0.3 is 16.0 Å². The summed E-state index contributed by atoms with van der Waals surface area (Å²) in [4.78, 5) is 14.0. The standard InChI is InChI=1S/C16H24ClN3O/c1-3-4-16(21)19-14-10-15(13(18)9-12(14)17)20-7-5-11(2)6-8-20/h9-11H,3-8,18H2,1-2H3,(H,19,21). The topological polar surface area (TPSA) is 58.4 Å². The summed E-state index contributed by atoms with van der Waals surface area (Å²) in [7, 11) is 0. The van der Waals surface area contributed by atoms with Gasteiger partial charge in [-0.15, -0.1) is 0 Å². The Morgan fingerprint density at radius 1 is 1.43 bits per heavy atom. The molecule has 4 nitrogen and oxygen atoms in total. The molecule has 0 radical (unpaired) electrons. The minimum absolute atomic E-state index is 0.0117. The van der Waals surface area contributed by atoms with E-state index < -0.39 is 0 Å². The van der Waals surface area contributed by atoms with Gasteiger partial charge in [0.15, 0.2) is 0 Å². The number of carbonyl (C=O) groups excluding carboxylic acids is 1. The zero-order valence-corrected chi connectivity index (χ0v) is 13.5. The highest BCUT2D eigenvalue weighted by molar-refractivity contribution is 6.34. The van der Waals surface area contributed by atoms with Gasteiger partial charge in [-0.3, -0.25) is 4.79 Å². The van der Waals surface area contributed by atoms with Gasteiger partial charge in [-0.05, 0) is 37.3 Å². The van der Waals surface area contributed by atoms with Gasteiger partial charge in [-0.2, -0.15) is 0 Å². The van der Waals surface area contributed by atoms with E-state index in [1.165, 1.54) is 12.8 Å². The number of halogens is 1. The van der Waals surface area contributed by atoms with Crippen molar-refractivity contribution in [1.82, 2.24) is 0 Å². The number of hydrogen-bond donors (Lipinski definition) is 2. The highest BCUT2D eigenvalue weighted by Gasteiger charge is 2.19. The fourth-order valence-electron chi connectivity index (χ4n) is 2.64. The summed E-state index contributed by atoms with van der Waals surface area (Å²) in [6.45, 7) is 6.24. The van der Waals surface area contributed by atoms with Crippen molar-refractivity contribution < 1.29 is 4.79 Å². The lowest BCUT2D eigenvalue weighted by Crippen LogP contribution is -2.33. The van der Waals surface area contributed by atoms with Gasteiger partial charge in [0.1, 0.15) is 0 Å². The molecule has 3 N–H and O–H groups in total. The van der Waals surface area contributed by atoms with Gasteiger partial charge in [0, 0.05) is 19.5 Å². The molecule has 1 aromatic rings. The van der Waals surface area contributed by atoms with Gasteiger partial charge in [0.25, 0.3) is 0 Å². The fourth-order valence-corrected chi connectivity index (χ4v) is 2.86. The van der Waals surface area contributed by atoms with Gasteiger partial charge >= 0.3 is 0 Å². The zero-order valence-electron chi connectivity index (χ0n) is 12.8. The number of hydrogen-bond acceptors (Lipinski definition) is 3. The third-order valence-corrected chi connectivity index (χ3v) is 4.30. The number of piperidine rings is 1. The molecule has 0 unspecified atom stereocenters. The van der Waals surface area contributed by atoms with Crippen LogP contribution in [0.3, 0.4) is 0 Å². The van der Waals surface area contributed by atoms with E-state index in [4.69, 9.17) is 17.3 Å². The third kappa shape index (κ3) is 4.03. The summed E-state index contributed by atoms with van der Waals surface area (Å²) >= 11 is 6.19. The number of carbonyl (C=O) groups is 1. The molecule has 0 spiro atoms. The Balaban J connectivity index is 2.19. The molecule has 0 aliphatic carbocycles. The number of nitrogens with one attached hydrogen (secondary N) is 1. The van der Waals surface area contributed by atoms with Crippen molar-refractivity contribution in [2.45, 2.75) is 39.5 Å². The maximum absolute atomic E-state index is 11.8. The molecule has 1 aromatic carbocycles. The average molecular weight is 310 g/mol. The highest BCUT2D eigenvalue weighted by Crippen LogP contribution is 2.35. The van der Waals surface area contributed by atoms with Crippen LogP contribution in [-0.2, 0) is 4.79 Å². The van der Waals surface area contributed by atoms with Gasteiger partial charge in [0.2, 0.25) is 5.91 Å². The van der Waals surface area contributed by atoms with Crippen LogP contribution < -0.4 is 16.0 Å². The molecule has 21 heavy (non-hydrogen) atoms. The van der Waals surface area contributed by atoms with Crippen LogP contribution in [0.15, 0.2) is 12.1 Å². The first-order chi connectivity index (χ1) is 10.0. The number of rotatable bonds is 4. The number of amides is 1. The van der Waals surface area contributed by atoms with Crippen molar-refractivity contribution in [3.63, 3.8) is 0 Å². The molecule has 5 heteroatoms. The Morgan fingerprint density at radius 3 is 2.71 bits per heavy atom. The second-order valence-corrected chi connectivity index (χ2v) is 6.27. The lowest BCUT2D eigenvalue weighted by atomic mass is 9.98. The Labute approximate surface area is 131 Å². The second-order valence-electron chi connectivity index (χ2n) is 5.86. The Kier molecular flexibility index (Phi) is 5.34. The molecule has 0 aromatic heterocycles. The van der Waals surface area contributed by atoms with Crippen molar-refractivity contribution in [2.24, 2.45) is 5.92 Å². The molecule has 1 saturated heterocycles. The Bertz CT molecular complexity index is 510. The molecule has 2 rings (SSSR count). The predicted molar refractivity (Wildman–Crippen MR) is 90.0 cm³/mol. The summed E-state index contributed by atoms with van der Waals surface area (Å²) < 4.78 is 0. The average Bonchev–Trinajstić information content (AvgIpc) is 2.43. The van der Waals surface area contributed by atoms with Crippen LogP contribution in [0, 0.1) is 5.92 Å². The first-order valence-corrected chi connectivity index (χ1v) is 8.03. The molecule has 1 fully saturated rings. The van der Waals surface area contributed by atoms with Gasteiger partial charge in [-0.25, -0.2) is 0 Å². The number of nitrogens with two attached hydrogens (primary N) is 1. The van der Waals surface area contributed by atoms with Crippen LogP contribution in [0.2, 0.25) is 5.02 Å². The van der Waals surface area contributed by atoms with Crippen molar-refractivity contribution >= 4 is 34.6 Å². The van der Waals surface area contributed by atoms with E-state index in [-0.39, 0.29) is 5.91 Å². The zero-order chi connectivity index (χ0) is 15.4. The minimum atomic E-state index is -0.0117. The predicted octanol–water partition coefficient (Wildman–Crippen LogP) is 3.90. The number of benzene rings is 1. The van der Waals surface area contributed by atoms with Crippen LogP contribution in [0.25, 0.3) is 0 Å². The summed E-state index contributed by atoms with van der Waals surface area (Å²) in [5.74, 6) is 0.751. The lowest BCUT2D eigenvalue weighted by Gasteiger charge is -2.33. The van der Waals surface area contributed by atoms with E-state index in [0.29, 0.717) is 22.8 Å². The smallest absolute Gasteiger partial charge is 0.224 e. The molecule has 1 heterocycles. The van der Waals surface area contributed by atoms with E-state index >= 15 is 0 Å². The normalized spacial score (nSPS) is 16.0. The molecule has 1 amide bonds. The van der Waals surface area contributed by atoms with Gasteiger partial charge in [-0.1, -0.05) is 25.4 Å². The van der Waals surface area contributed by atoms with E-state index in [0.717, 1.165) is 31.1 Å². The van der Waals surface area contributed by atoms with Crippen molar-refractivity contribution in [2.75, 3.05) is 29.0 Å². The monoisotopic (exact) mass is 309 g/mol. The largest absolute Gasteiger partial charge is 0.397 e. The third-order valence-electron chi connectivity index (χ3n) is 3.99. The van der Waals surface area contributed by atoms with E-state index in [2.05, 4.69) is 17.1 Å².